The normalized spacial score (nSPS) is 11.7. The van der Waals surface area contributed by atoms with Gasteiger partial charge >= 0.3 is 0 Å². The topological polar surface area (TPSA) is 69.0 Å². The van der Waals surface area contributed by atoms with Crippen LogP contribution in [0.25, 0.3) is 16.7 Å². The van der Waals surface area contributed by atoms with Gasteiger partial charge in [0, 0.05) is 23.5 Å². The zero-order valence-corrected chi connectivity index (χ0v) is 15.4. The van der Waals surface area contributed by atoms with Gasteiger partial charge in [-0.05, 0) is 53.9 Å². The maximum absolute atomic E-state index is 12.5. The zero-order chi connectivity index (χ0) is 18.3. The van der Waals surface area contributed by atoms with Gasteiger partial charge in [0.2, 0.25) is 5.78 Å². The smallest absolute Gasteiger partial charge is 0.221 e. The summed E-state index contributed by atoms with van der Waals surface area (Å²) in [6, 6.07) is 15.7. The van der Waals surface area contributed by atoms with Gasteiger partial charge in [-0.25, -0.2) is 13.4 Å². The van der Waals surface area contributed by atoms with Crippen LogP contribution in [0.2, 0.25) is 0 Å². The van der Waals surface area contributed by atoms with Crippen LogP contribution in [-0.4, -0.2) is 30.0 Å². The Kier molecular flexibility index (Phi) is 3.97. The number of thiophene rings is 1. The van der Waals surface area contributed by atoms with Crippen LogP contribution >= 0.6 is 11.3 Å². The molecule has 0 atom stereocenters. The Morgan fingerprint density at radius 3 is 2.46 bits per heavy atom. The van der Waals surface area contributed by atoms with Crippen molar-refractivity contribution in [1.82, 2.24) is 9.55 Å². The minimum absolute atomic E-state index is 0.109. The summed E-state index contributed by atoms with van der Waals surface area (Å²) >= 11 is 1.38. The monoisotopic (exact) mass is 382 g/mol. The van der Waals surface area contributed by atoms with Crippen LogP contribution in [0.3, 0.4) is 0 Å². The average molecular weight is 382 g/mol. The van der Waals surface area contributed by atoms with Crippen LogP contribution < -0.4 is 0 Å². The molecular formula is C19H14N2O3S2. The third-order valence-corrected chi connectivity index (χ3v) is 6.05. The lowest BCUT2D eigenvalue weighted by molar-refractivity contribution is 0.103. The van der Waals surface area contributed by atoms with Gasteiger partial charge in [0.25, 0.3) is 0 Å². The molecule has 0 saturated carbocycles. The highest BCUT2D eigenvalue weighted by Crippen LogP contribution is 2.22. The summed E-state index contributed by atoms with van der Waals surface area (Å²) < 4.78 is 25.1. The minimum atomic E-state index is -3.24. The summed E-state index contributed by atoms with van der Waals surface area (Å²) in [7, 11) is -3.24. The summed E-state index contributed by atoms with van der Waals surface area (Å²) in [5.41, 5.74) is 1.81. The average Bonchev–Trinajstić information content (AvgIpc) is 3.30. The molecule has 0 unspecified atom stereocenters. The van der Waals surface area contributed by atoms with E-state index in [1.54, 1.807) is 36.4 Å². The van der Waals surface area contributed by atoms with Crippen molar-refractivity contribution in [3.05, 3.63) is 76.7 Å². The zero-order valence-electron chi connectivity index (χ0n) is 13.8. The number of ketones is 1. The number of carbonyl (C=O) groups excluding carboxylic acids is 1. The molecule has 1 aromatic carbocycles. The minimum Gasteiger partial charge on any atom is -0.301 e. The van der Waals surface area contributed by atoms with Gasteiger partial charge in [0.1, 0.15) is 11.3 Å². The Hall–Kier alpha value is -2.77. The molecule has 0 aliphatic rings. The number of hydrogen-bond donors (Lipinski definition) is 0. The summed E-state index contributed by atoms with van der Waals surface area (Å²) in [5.74, 6) is -0.109. The number of rotatable bonds is 4. The standard InChI is InChI=1S/C19H14N2O3S2/c1-26(23,24)15-7-5-14(6-8-15)21-11-10-13-4-9-16(20-19(13)21)18(22)17-3-2-12-25-17/h2-12H,1H3. The number of fused-ring (bicyclic) bond motifs is 1. The molecule has 0 radical (unpaired) electrons. The van der Waals surface area contributed by atoms with Crippen molar-refractivity contribution in [2.24, 2.45) is 0 Å². The first-order valence-corrected chi connectivity index (χ1v) is 10.6. The van der Waals surface area contributed by atoms with Gasteiger partial charge in [-0.2, -0.15) is 0 Å². The van der Waals surface area contributed by atoms with Crippen LogP contribution in [0.4, 0.5) is 0 Å². The first kappa shape index (κ1) is 16.7. The molecule has 5 nitrogen and oxygen atoms in total. The van der Waals surface area contributed by atoms with Gasteiger partial charge in [-0.15, -0.1) is 11.3 Å². The second-order valence-corrected chi connectivity index (χ2v) is 8.83. The lowest BCUT2D eigenvalue weighted by atomic mass is 10.2. The van der Waals surface area contributed by atoms with Crippen molar-refractivity contribution in [2.45, 2.75) is 4.90 Å². The predicted molar refractivity (Wildman–Crippen MR) is 102 cm³/mol. The second-order valence-electron chi connectivity index (χ2n) is 5.87. The van der Waals surface area contributed by atoms with Crippen LogP contribution in [0.15, 0.2) is 71.1 Å². The van der Waals surface area contributed by atoms with Crippen LogP contribution in [-0.2, 0) is 9.84 Å². The van der Waals surface area contributed by atoms with Gasteiger partial charge in [-0.3, -0.25) is 4.79 Å². The van der Waals surface area contributed by atoms with E-state index in [2.05, 4.69) is 4.98 Å². The first-order chi connectivity index (χ1) is 12.4. The van der Waals surface area contributed by atoms with Gasteiger partial charge in [0.15, 0.2) is 9.84 Å². The van der Waals surface area contributed by atoms with Crippen molar-refractivity contribution < 1.29 is 13.2 Å². The summed E-state index contributed by atoms with van der Waals surface area (Å²) in [4.78, 5) is 18.0. The lowest BCUT2D eigenvalue weighted by Crippen LogP contribution is -2.04. The van der Waals surface area contributed by atoms with Gasteiger partial charge < -0.3 is 4.57 Å². The predicted octanol–water partition coefficient (Wildman–Crippen LogP) is 3.72. The summed E-state index contributed by atoms with van der Waals surface area (Å²) in [6.07, 6.45) is 3.03. The van der Waals surface area contributed by atoms with Crippen molar-refractivity contribution in [2.75, 3.05) is 6.26 Å². The van der Waals surface area contributed by atoms with E-state index in [0.29, 0.717) is 16.2 Å². The van der Waals surface area contributed by atoms with E-state index in [9.17, 15) is 13.2 Å². The molecule has 130 valence electrons. The van der Waals surface area contributed by atoms with Crippen molar-refractivity contribution in [3.8, 4) is 5.69 Å². The van der Waals surface area contributed by atoms with Crippen LogP contribution in [0.1, 0.15) is 15.4 Å². The van der Waals surface area contributed by atoms with Crippen molar-refractivity contribution in [3.63, 3.8) is 0 Å². The van der Waals surface area contributed by atoms with E-state index in [-0.39, 0.29) is 10.7 Å². The molecular weight excluding hydrogens is 368 g/mol. The molecule has 3 heterocycles. The fourth-order valence-electron chi connectivity index (χ4n) is 2.73. The fraction of sp³-hybridized carbons (Fsp3) is 0.0526. The molecule has 3 aromatic heterocycles. The lowest BCUT2D eigenvalue weighted by Gasteiger charge is -2.07. The largest absolute Gasteiger partial charge is 0.301 e. The Balaban J connectivity index is 1.79. The Labute approximate surface area is 154 Å². The third-order valence-electron chi connectivity index (χ3n) is 4.06. The number of pyridine rings is 1. The maximum Gasteiger partial charge on any atom is 0.221 e. The molecule has 26 heavy (non-hydrogen) atoms. The number of nitrogens with zero attached hydrogens (tertiary/aromatic N) is 2. The van der Waals surface area contributed by atoms with Crippen LogP contribution in [0.5, 0.6) is 0 Å². The molecule has 4 aromatic rings. The van der Waals surface area contributed by atoms with E-state index in [0.717, 1.165) is 11.1 Å². The second kappa shape index (κ2) is 6.19. The molecule has 0 saturated heterocycles. The van der Waals surface area contributed by atoms with Gasteiger partial charge in [0.05, 0.1) is 9.77 Å². The van der Waals surface area contributed by atoms with E-state index in [1.807, 2.05) is 34.3 Å². The molecule has 0 aliphatic carbocycles. The molecule has 7 heteroatoms. The van der Waals surface area contributed by atoms with E-state index < -0.39 is 9.84 Å². The van der Waals surface area contributed by atoms with E-state index in [1.165, 1.54) is 17.6 Å². The van der Waals surface area contributed by atoms with Crippen molar-refractivity contribution in [1.29, 1.82) is 0 Å². The highest BCUT2D eigenvalue weighted by molar-refractivity contribution is 7.90. The fourth-order valence-corrected chi connectivity index (χ4v) is 4.03. The van der Waals surface area contributed by atoms with E-state index >= 15 is 0 Å². The van der Waals surface area contributed by atoms with Gasteiger partial charge in [-0.1, -0.05) is 6.07 Å². The Morgan fingerprint density at radius 2 is 1.81 bits per heavy atom. The summed E-state index contributed by atoms with van der Waals surface area (Å²) in [6.45, 7) is 0. The molecule has 0 aliphatic heterocycles. The molecule has 0 spiro atoms. The molecule has 0 fully saturated rings. The molecule has 4 rings (SSSR count). The maximum atomic E-state index is 12.5. The number of carbonyl (C=O) groups is 1. The Bertz CT molecular complexity index is 1210. The van der Waals surface area contributed by atoms with Crippen LogP contribution in [0, 0.1) is 0 Å². The SMILES string of the molecule is CS(=O)(=O)c1ccc(-n2ccc3ccc(C(=O)c4cccs4)nc32)cc1. The number of aromatic nitrogens is 2. The molecule has 0 bridgehead atoms. The Morgan fingerprint density at radius 1 is 1.04 bits per heavy atom. The quantitative estimate of drug-likeness (QED) is 0.505. The highest BCUT2D eigenvalue weighted by Gasteiger charge is 2.14. The molecule has 0 N–H and O–H groups in total. The number of sulfone groups is 1. The van der Waals surface area contributed by atoms with Crippen molar-refractivity contribution >= 4 is 38.0 Å². The van der Waals surface area contributed by atoms with E-state index in [4.69, 9.17) is 0 Å². The number of benzene rings is 1. The number of hydrogen-bond acceptors (Lipinski definition) is 5. The summed E-state index contributed by atoms with van der Waals surface area (Å²) in [5, 5.41) is 2.76. The first-order valence-electron chi connectivity index (χ1n) is 7.80. The highest BCUT2D eigenvalue weighted by atomic mass is 32.2. The third kappa shape index (κ3) is 2.95. The molecule has 0 amide bonds.